The zero-order chi connectivity index (χ0) is 23.8. The Morgan fingerprint density at radius 1 is 1.07 bits per heavy atom. The number of hydrogen-bond donors (Lipinski definition) is 1. The third-order valence-corrected chi connectivity index (χ3v) is 3.30. The average molecular weight is 413 g/mol. The maximum Gasteiger partial charge on any atom is 0.573 e. The first-order chi connectivity index (χ1) is 14.0. The molecule has 0 aromatic heterocycles. The fourth-order valence-corrected chi connectivity index (χ4v) is 2.19. The van der Waals surface area contributed by atoms with Gasteiger partial charge < -0.3 is 19.3 Å². The normalized spacial score (nSPS) is 13.9. The van der Waals surface area contributed by atoms with Gasteiger partial charge in [-0.1, -0.05) is 0 Å². The summed E-state index contributed by atoms with van der Waals surface area (Å²) in [4.78, 5) is 11.5. The molecule has 0 aliphatic rings. The van der Waals surface area contributed by atoms with Crippen molar-refractivity contribution in [3.05, 3.63) is 47.0 Å². The van der Waals surface area contributed by atoms with E-state index in [1.54, 1.807) is 0 Å². The number of benzene rings is 2. The molecule has 0 spiro atoms. The second-order valence-corrected chi connectivity index (χ2v) is 5.33. The highest BCUT2D eigenvalue weighted by molar-refractivity contribution is 5.92. The molecule has 5 nitrogen and oxygen atoms in total. The minimum Gasteiger partial charge on any atom is -0.493 e. The van der Waals surface area contributed by atoms with E-state index in [0.717, 1.165) is 19.1 Å². The van der Waals surface area contributed by atoms with E-state index < -0.39 is 59.7 Å². The van der Waals surface area contributed by atoms with Crippen molar-refractivity contribution >= 4 is 5.97 Å². The third-order valence-electron chi connectivity index (χ3n) is 3.30. The smallest absolute Gasteiger partial charge is 0.493 e. The summed E-state index contributed by atoms with van der Waals surface area (Å²) in [6.45, 7) is 1.10. The number of aryl methyl sites for hydroxylation is 1. The fraction of sp³-hybridized carbons (Fsp3) is 0.235. The maximum absolute atomic E-state index is 13.0. The van der Waals surface area contributed by atoms with Crippen LogP contribution in [0.25, 0.3) is 0 Å². The first kappa shape index (κ1) is 17.0. The fourth-order valence-electron chi connectivity index (χ4n) is 2.19. The molecule has 0 saturated carbocycles. The lowest BCUT2D eigenvalue weighted by Crippen LogP contribution is -2.17. The maximum atomic E-state index is 13.0. The molecule has 0 aliphatic carbocycles. The van der Waals surface area contributed by atoms with Crippen LogP contribution in [0.5, 0.6) is 23.0 Å². The van der Waals surface area contributed by atoms with E-state index in [2.05, 4.69) is 9.47 Å². The Kier molecular flexibility index (Phi) is 4.55. The monoisotopic (exact) mass is 413 g/mol. The molecule has 0 saturated heterocycles. The van der Waals surface area contributed by atoms with Gasteiger partial charge in [-0.05, 0) is 36.8 Å². The Balaban J connectivity index is 2.57. The molecule has 2 aromatic rings. The van der Waals surface area contributed by atoms with Crippen LogP contribution in [0.2, 0.25) is 0 Å². The Bertz CT molecular complexity index is 986. The van der Waals surface area contributed by atoms with Gasteiger partial charge in [-0.25, -0.2) is 4.79 Å². The van der Waals surface area contributed by atoms with Crippen molar-refractivity contribution < 1.29 is 54.6 Å². The van der Waals surface area contributed by atoms with Crippen molar-refractivity contribution in [3.63, 3.8) is 0 Å². The number of carboxylic acid groups (broad SMARTS) is 1. The number of hydrogen-bond acceptors (Lipinski definition) is 4. The molecule has 0 fully saturated rings. The second kappa shape index (κ2) is 7.49. The van der Waals surface area contributed by atoms with Crippen molar-refractivity contribution in [1.82, 2.24) is 0 Å². The van der Waals surface area contributed by atoms with Crippen LogP contribution in [0.4, 0.5) is 26.3 Å². The second-order valence-electron chi connectivity index (χ2n) is 5.33. The number of halogens is 6. The van der Waals surface area contributed by atoms with E-state index in [-0.39, 0.29) is 5.56 Å². The lowest BCUT2D eigenvalue weighted by molar-refractivity contribution is -0.274. The molecule has 0 radical (unpaired) electrons. The number of methoxy groups -OCH3 is 1. The van der Waals surface area contributed by atoms with Crippen molar-refractivity contribution in [2.75, 3.05) is 7.04 Å². The molecule has 11 heteroatoms. The molecule has 2 rings (SSSR count). The van der Waals surface area contributed by atoms with E-state index in [1.165, 1.54) is 0 Å². The molecule has 0 aliphatic heterocycles. The molecule has 0 heterocycles. The molecule has 0 atom stereocenters. The summed E-state index contributed by atoms with van der Waals surface area (Å²) in [5, 5.41) is 9.27. The number of carbonyl (C=O) groups is 1. The molecular weight excluding hydrogens is 398 g/mol. The summed E-state index contributed by atoms with van der Waals surface area (Å²) in [5.41, 5.74) is -2.48. The van der Waals surface area contributed by atoms with E-state index >= 15 is 0 Å². The standard InChI is InChI=1S/C17H12F6O5/c1-8-5-9(16(18,19)20)6-11(15(24)25)14(8)27-12-4-3-10(7-13(12)26-2)28-17(21,22)23/h3-7H,1-2H3,(H,24,25)/i2D3. The van der Waals surface area contributed by atoms with Gasteiger partial charge in [0, 0.05) is 6.07 Å². The van der Waals surface area contributed by atoms with Gasteiger partial charge in [-0.15, -0.1) is 13.2 Å². The van der Waals surface area contributed by atoms with Crippen LogP contribution in [0.15, 0.2) is 30.3 Å². The van der Waals surface area contributed by atoms with Crippen molar-refractivity contribution in [1.29, 1.82) is 0 Å². The predicted octanol–water partition coefficient (Wildman–Crippen LogP) is 5.41. The largest absolute Gasteiger partial charge is 0.573 e. The summed E-state index contributed by atoms with van der Waals surface area (Å²) < 4.78 is 111. The predicted molar refractivity (Wildman–Crippen MR) is 82.9 cm³/mol. The molecule has 2 aromatic carbocycles. The summed E-state index contributed by atoms with van der Waals surface area (Å²) in [5.74, 6) is -4.63. The van der Waals surface area contributed by atoms with E-state index in [1.807, 2.05) is 0 Å². The SMILES string of the molecule is [2H]C([2H])([2H])Oc1cc(OC(F)(F)F)ccc1Oc1c(C)cc(C(F)(F)F)cc1C(=O)O. The zero-order valence-corrected chi connectivity index (χ0v) is 13.7. The highest BCUT2D eigenvalue weighted by Crippen LogP contribution is 2.40. The van der Waals surface area contributed by atoms with Gasteiger partial charge in [0.1, 0.15) is 17.1 Å². The van der Waals surface area contributed by atoms with E-state index in [9.17, 15) is 36.2 Å². The minimum absolute atomic E-state index is 0.289. The Hall–Kier alpha value is -3.11. The topological polar surface area (TPSA) is 65.0 Å². The molecule has 0 amide bonds. The molecule has 28 heavy (non-hydrogen) atoms. The van der Waals surface area contributed by atoms with Gasteiger partial charge in [0.2, 0.25) is 0 Å². The highest BCUT2D eigenvalue weighted by atomic mass is 19.4. The first-order valence-electron chi connectivity index (χ1n) is 8.68. The molecule has 0 bridgehead atoms. The lowest BCUT2D eigenvalue weighted by atomic mass is 10.0. The van der Waals surface area contributed by atoms with Crippen LogP contribution < -0.4 is 14.2 Å². The Labute approximate surface area is 158 Å². The van der Waals surface area contributed by atoms with Crippen LogP contribution in [-0.4, -0.2) is 24.5 Å². The Morgan fingerprint density at radius 3 is 2.29 bits per heavy atom. The number of aromatic carboxylic acids is 1. The highest BCUT2D eigenvalue weighted by Gasteiger charge is 2.34. The number of alkyl halides is 6. The molecule has 0 unspecified atom stereocenters. The number of ether oxygens (including phenoxy) is 3. The van der Waals surface area contributed by atoms with E-state index in [4.69, 9.17) is 8.85 Å². The van der Waals surface area contributed by atoms with Gasteiger partial charge in [-0.3, -0.25) is 0 Å². The lowest BCUT2D eigenvalue weighted by Gasteiger charge is -2.17. The van der Waals surface area contributed by atoms with Crippen LogP contribution in [0.3, 0.4) is 0 Å². The van der Waals surface area contributed by atoms with Crippen molar-refractivity contribution in [2.24, 2.45) is 0 Å². The zero-order valence-electron chi connectivity index (χ0n) is 16.7. The van der Waals surface area contributed by atoms with Crippen LogP contribution in [-0.2, 0) is 6.18 Å². The minimum atomic E-state index is -5.11. The summed E-state index contributed by atoms with van der Waals surface area (Å²) in [6, 6.07) is 2.91. The molecular formula is C17H12F6O5. The number of carboxylic acids is 1. The van der Waals surface area contributed by atoms with Crippen LogP contribution in [0.1, 0.15) is 25.6 Å². The third kappa shape index (κ3) is 4.99. The van der Waals surface area contributed by atoms with Gasteiger partial charge in [-0.2, -0.15) is 13.2 Å². The molecule has 1 N–H and O–H groups in total. The first-order valence-corrected chi connectivity index (χ1v) is 7.18. The quantitative estimate of drug-likeness (QED) is 0.664. The summed E-state index contributed by atoms with van der Waals surface area (Å²) in [7, 11) is -3.15. The van der Waals surface area contributed by atoms with Crippen LogP contribution >= 0.6 is 0 Å². The number of rotatable bonds is 5. The van der Waals surface area contributed by atoms with Gasteiger partial charge in [0.15, 0.2) is 11.5 Å². The van der Waals surface area contributed by atoms with Crippen LogP contribution in [0, 0.1) is 6.92 Å². The summed E-state index contributed by atoms with van der Waals surface area (Å²) in [6.07, 6.45) is -9.97. The van der Waals surface area contributed by atoms with E-state index in [0.29, 0.717) is 18.2 Å². The average Bonchev–Trinajstić information content (AvgIpc) is 2.54. The van der Waals surface area contributed by atoms with Gasteiger partial charge in [0.05, 0.1) is 16.7 Å². The van der Waals surface area contributed by atoms with Gasteiger partial charge in [0.25, 0.3) is 0 Å². The van der Waals surface area contributed by atoms with Gasteiger partial charge >= 0.3 is 18.5 Å². The van der Waals surface area contributed by atoms with Crippen molar-refractivity contribution in [3.8, 4) is 23.0 Å². The molecule has 152 valence electrons. The Morgan fingerprint density at radius 2 is 1.75 bits per heavy atom. The van der Waals surface area contributed by atoms with Crippen molar-refractivity contribution in [2.45, 2.75) is 19.5 Å². The summed E-state index contributed by atoms with van der Waals surface area (Å²) >= 11 is 0.